The Morgan fingerprint density at radius 2 is 1.93 bits per heavy atom. The second-order valence-corrected chi connectivity index (χ2v) is 9.10. The first-order valence-electron chi connectivity index (χ1n) is 10.1. The number of hydrogen-bond donors (Lipinski definition) is 1. The number of thioether (sulfide) groups is 1. The van der Waals surface area contributed by atoms with Crippen LogP contribution in [0.25, 0.3) is 10.2 Å². The number of benzene rings is 1. The average Bonchev–Trinajstić information content (AvgIpc) is 3.09. The van der Waals surface area contributed by atoms with Crippen LogP contribution in [0.3, 0.4) is 0 Å². The lowest BCUT2D eigenvalue weighted by molar-refractivity contribution is 0.700. The summed E-state index contributed by atoms with van der Waals surface area (Å²) >= 11 is 3.47. The number of fused-ring (bicyclic) bond motifs is 3. The maximum absolute atomic E-state index is 4.86. The Bertz CT molecular complexity index is 992. The summed E-state index contributed by atoms with van der Waals surface area (Å²) in [7, 11) is 0. The Labute approximate surface area is 175 Å². The standard InChI is InChI=1S/C22H28N4S2/c1-5-26(6-2)15-11-12-17(14(3)13-15)23-20-19-16-9-7-8-10-18(16)28-21(19)25-22(24-20)27-4/h11-13H,5-10H2,1-4H3,(H,23,24,25). The third kappa shape index (κ3) is 3.60. The molecule has 0 amide bonds. The normalized spacial score (nSPS) is 13.6. The van der Waals surface area contributed by atoms with Gasteiger partial charge in [-0.15, -0.1) is 11.3 Å². The summed E-state index contributed by atoms with van der Waals surface area (Å²) in [6.07, 6.45) is 6.92. The van der Waals surface area contributed by atoms with Crippen molar-refractivity contribution in [2.24, 2.45) is 0 Å². The van der Waals surface area contributed by atoms with Gasteiger partial charge in [0, 0.05) is 29.3 Å². The number of aryl methyl sites for hydroxylation is 3. The van der Waals surface area contributed by atoms with Gasteiger partial charge in [0.15, 0.2) is 5.16 Å². The molecule has 2 aromatic heterocycles. The van der Waals surface area contributed by atoms with Crippen molar-refractivity contribution in [1.82, 2.24) is 9.97 Å². The molecule has 0 aliphatic heterocycles. The summed E-state index contributed by atoms with van der Waals surface area (Å²) in [5.74, 6) is 0.965. The van der Waals surface area contributed by atoms with E-state index in [4.69, 9.17) is 9.97 Å². The molecular weight excluding hydrogens is 384 g/mol. The second-order valence-electron chi connectivity index (χ2n) is 7.25. The van der Waals surface area contributed by atoms with Crippen LogP contribution in [-0.4, -0.2) is 29.3 Å². The van der Waals surface area contributed by atoms with Crippen molar-refractivity contribution in [3.05, 3.63) is 34.2 Å². The number of aromatic nitrogens is 2. The summed E-state index contributed by atoms with van der Waals surface area (Å²) in [5.41, 5.74) is 5.11. The van der Waals surface area contributed by atoms with E-state index in [0.717, 1.165) is 41.0 Å². The van der Waals surface area contributed by atoms with E-state index in [-0.39, 0.29) is 0 Å². The fraction of sp³-hybridized carbons (Fsp3) is 0.455. The minimum Gasteiger partial charge on any atom is -0.372 e. The molecule has 0 unspecified atom stereocenters. The highest BCUT2D eigenvalue weighted by atomic mass is 32.2. The van der Waals surface area contributed by atoms with Gasteiger partial charge in [-0.3, -0.25) is 0 Å². The molecule has 0 saturated heterocycles. The van der Waals surface area contributed by atoms with E-state index in [1.807, 2.05) is 17.6 Å². The lowest BCUT2D eigenvalue weighted by atomic mass is 9.97. The van der Waals surface area contributed by atoms with Crippen molar-refractivity contribution in [1.29, 1.82) is 0 Å². The molecule has 1 N–H and O–H groups in total. The average molecular weight is 413 g/mol. The van der Waals surface area contributed by atoms with Crippen molar-refractivity contribution < 1.29 is 0 Å². The number of hydrogen-bond acceptors (Lipinski definition) is 6. The molecule has 0 atom stereocenters. The molecule has 148 valence electrons. The predicted octanol–water partition coefficient (Wildman–Crippen LogP) is 6.19. The molecule has 4 rings (SSSR count). The number of nitrogens with one attached hydrogen (secondary N) is 1. The lowest BCUT2D eigenvalue weighted by Crippen LogP contribution is -2.21. The van der Waals surface area contributed by atoms with E-state index in [1.165, 1.54) is 46.3 Å². The molecule has 4 nitrogen and oxygen atoms in total. The highest BCUT2D eigenvalue weighted by Gasteiger charge is 2.21. The first-order chi connectivity index (χ1) is 13.6. The third-order valence-corrected chi connectivity index (χ3v) is 7.30. The second kappa shape index (κ2) is 8.29. The Kier molecular flexibility index (Phi) is 5.78. The molecule has 1 aliphatic rings. The number of anilines is 3. The van der Waals surface area contributed by atoms with Crippen LogP contribution in [0.4, 0.5) is 17.2 Å². The van der Waals surface area contributed by atoms with Gasteiger partial charge in [0.1, 0.15) is 10.6 Å². The summed E-state index contributed by atoms with van der Waals surface area (Å²) in [6.45, 7) is 8.62. The zero-order valence-electron chi connectivity index (χ0n) is 17.1. The molecule has 0 radical (unpaired) electrons. The fourth-order valence-electron chi connectivity index (χ4n) is 4.02. The quantitative estimate of drug-likeness (QED) is 0.386. The van der Waals surface area contributed by atoms with Gasteiger partial charge in [-0.05, 0) is 82.0 Å². The predicted molar refractivity (Wildman–Crippen MR) is 124 cm³/mol. The van der Waals surface area contributed by atoms with E-state index in [1.54, 1.807) is 11.8 Å². The van der Waals surface area contributed by atoms with Crippen LogP contribution in [0.2, 0.25) is 0 Å². The van der Waals surface area contributed by atoms with Crippen LogP contribution in [0.1, 0.15) is 42.7 Å². The van der Waals surface area contributed by atoms with Gasteiger partial charge in [-0.1, -0.05) is 11.8 Å². The first-order valence-corrected chi connectivity index (χ1v) is 12.2. The Morgan fingerprint density at radius 1 is 1.14 bits per heavy atom. The zero-order chi connectivity index (χ0) is 19.7. The molecule has 6 heteroatoms. The van der Waals surface area contributed by atoms with Gasteiger partial charge in [0.05, 0.1) is 5.39 Å². The summed E-state index contributed by atoms with van der Waals surface area (Å²) in [4.78, 5) is 14.7. The van der Waals surface area contributed by atoms with Crippen LogP contribution in [0.5, 0.6) is 0 Å². The number of nitrogens with zero attached hydrogens (tertiary/aromatic N) is 3. The molecule has 0 spiro atoms. The van der Waals surface area contributed by atoms with Crippen LogP contribution < -0.4 is 10.2 Å². The zero-order valence-corrected chi connectivity index (χ0v) is 18.8. The van der Waals surface area contributed by atoms with Crippen molar-refractivity contribution in [3.8, 4) is 0 Å². The Balaban J connectivity index is 1.76. The van der Waals surface area contributed by atoms with Crippen molar-refractivity contribution in [2.75, 3.05) is 29.6 Å². The molecule has 28 heavy (non-hydrogen) atoms. The van der Waals surface area contributed by atoms with Gasteiger partial charge >= 0.3 is 0 Å². The van der Waals surface area contributed by atoms with Gasteiger partial charge in [-0.2, -0.15) is 0 Å². The molecular formula is C22H28N4S2. The summed E-state index contributed by atoms with van der Waals surface area (Å²) < 4.78 is 0. The fourth-order valence-corrected chi connectivity index (χ4v) is 5.70. The van der Waals surface area contributed by atoms with E-state index >= 15 is 0 Å². The summed E-state index contributed by atoms with van der Waals surface area (Å²) in [6, 6.07) is 6.67. The molecule has 1 aliphatic carbocycles. The number of rotatable bonds is 6. The molecule has 0 bridgehead atoms. The Hall–Kier alpha value is -1.79. The minimum absolute atomic E-state index is 0.839. The topological polar surface area (TPSA) is 41.0 Å². The van der Waals surface area contributed by atoms with Gasteiger partial charge in [0.25, 0.3) is 0 Å². The maximum atomic E-state index is 4.86. The Morgan fingerprint density at radius 3 is 2.64 bits per heavy atom. The van der Waals surface area contributed by atoms with Crippen molar-refractivity contribution in [3.63, 3.8) is 0 Å². The first kappa shape index (κ1) is 19.5. The monoisotopic (exact) mass is 412 g/mol. The van der Waals surface area contributed by atoms with Crippen molar-refractivity contribution >= 4 is 50.5 Å². The molecule has 1 aromatic carbocycles. The van der Waals surface area contributed by atoms with Crippen LogP contribution in [0, 0.1) is 6.92 Å². The van der Waals surface area contributed by atoms with Crippen LogP contribution in [0.15, 0.2) is 23.4 Å². The van der Waals surface area contributed by atoms with Crippen molar-refractivity contribution in [2.45, 2.75) is 51.6 Å². The van der Waals surface area contributed by atoms with Gasteiger partial charge < -0.3 is 10.2 Å². The van der Waals surface area contributed by atoms with E-state index in [9.17, 15) is 0 Å². The smallest absolute Gasteiger partial charge is 0.190 e. The molecule has 0 fully saturated rings. The van der Waals surface area contributed by atoms with Crippen LogP contribution in [-0.2, 0) is 12.8 Å². The highest BCUT2D eigenvalue weighted by molar-refractivity contribution is 7.98. The number of thiophene rings is 1. The largest absolute Gasteiger partial charge is 0.372 e. The molecule has 3 aromatic rings. The lowest BCUT2D eigenvalue weighted by Gasteiger charge is -2.22. The maximum Gasteiger partial charge on any atom is 0.190 e. The molecule has 0 saturated carbocycles. The van der Waals surface area contributed by atoms with Gasteiger partial charge in [0.2, 0.25) is 0 Å². The third-order valence-electron chi connectivity index (χ3n) is 5.57. The minimum atomic E-state index is 0.839. The van der Waals surface area contributed by atoms with E-state index in [0.29, 0.717) is 0 Å². The summed E-state index contributed by atoms with van der Waals surface area (Å²) in [5, 5.41) is 5.73. The molecule has 2 heterocycles. The van der Waals surface area contributed by atoms with E-state index in [2.05, 4.69) is 49.2 Å². The van der Waals surface area contributed by atoms with Crippen LogP contribution >= 0.6 is 23.1 Å². The van der Waals surface area contributed by atoms with E-state index < -0.39 is 0 Å². The SMILES string of the molecule is CCN(CC)c1ccc(Nc2nc(SC)nc3sc4c(c23)CCCC4)c(C)c1. The highest BCUT2D eigenvalue weighted by Crippen LogP contribution is 2.40. The van der Waals surface area contributed by atoms with Gasteiger partial charge in [-0.25, -0.2) is 9.97 Å².